The molecule has 5 nitrogen and oxygen atoms in total. The first-order valence-electron chi connectivity index (χ1n) is 5.84. The summed E-state index contributed by atoms with van der Waals surface area (Å²) in [6.07, 6.45) is 4.85. The van der Waals surface area contributed by atoms with Crippen LogP contribution in [0, 0.1) is 12.3 Å². The summed E-state index contributed by atoms with van der Waals surface area (Å²) in [5.74, 6) is 1.73. The van der Waals surface area contributed by atoms with E-state index in [1.807, 2.05) is 20.8 Å². The number of hydrogen-bond donors (Lipinski definition) is 1. The van der Waals surface area contributed by atoms with Crippen LogP contribution in [0.4, 0.5) is 4.79 Å². The largest absolute Gasteiger partial charge is 0.425 e. The second-order valence-electron chi connectivity index (χ2n) is 5.88. The summed E-state index contributed by atoms with van der Waals surface area (Å²) in [7, 11) is 0. The van der Waals surface area contributed by atoms with Crippen molar-refractivity contribution in [3.05, 3.63) is 0 Å². The van der Waals surface area contributed by atoms with E-state index in [0.717, 1.165) is 0 Å². The monoisotopic (exact) mass is 255 g/mol. The fourth-order valence-corrected chi connectivity index (χ4v) is 1.34. The summed E-state index contributed by atoms with van der Waals surface area (Å²) in [5.41, 5.74) is -1.55. The number of carbonyl (C=O) groups excluding carboxylic acids is 1. The van der Waals surface area contributed by atoms with Crippen LogP contribution in [0.5, 0.6) is 0 Å². The fraction of sp³-hybridized carbons (Fsp3) is 0.769. The standard InChI is InChI=1S/C13H21NO4/c1-7-13(8-16-12(5,6)17-9-13)18-10(15)14-11(2,3)4/h1H,8-9H2,2-6H3,(H,14,15). The molecule has 1 saturated heterocycles. The Kier molecular flexibility index (Phi) is 3.94. The third-order valence-corrected chi connectivity index (χ3v) is 2.33. The third-order valence-electron chi connectivity index (χ3n) is 2.33. The summed E-state index contributed by atoms with van der Waals surface area (Å²) in [6, 6.07) is 0. The number of hydrogen-bond acceptors (Lipinski definition) is 4. The van der Waals surface area contributed by atoms with E-state index in [2.05, 4.69) is 11.2 Å². The molecule has 5 heteroatoms. The maximum absolute atomic E-state index is 11.7. The van der Waals surface area contributed by atoms with Gasteiger partial charge in [-0.2, -0.15) is 0 Å². The number of terminal acetylenes is 1. The van der Waals surface area contributed by atoms with Crippen molar-refractivity contribution in [2.75, 3.05) is 13.2 Å². The summed E-state index contributed by atoms with van der Waals surface area (Å²) in [6.45, 7) is 9.36. The van der Waals surface area contributed by atoms with Crippen LogP contribution in [0.2, 0.25) is 0 Å². The normalized spacial score (nSPS) is 21.8. The summed E-state index contributed by atoms with van der Waals surface area (Å²) in [4.78, 5) is 11.7. The SMILES string of the molecule is C#CC1(OC(=O)NC(C)(C)C)COC(C)(C)OC1. The quantitative estimate of drug-likeness (QED) is 0.724. The summed E-state index contributed by atoms with van der Waals surface area (Å²) in [5, 5.41) is 2.68. The van der Waals surface area contributed by atoms with E-state index in [0.29, 0.717) is 0 Å². The van der Waals surface area contributed by atoms with E-state index in [1.165, 1.54) is 0 Å². The Morgan fingerprint density at radius 1 is 1.33 bits per heavy atom. The van der Waals surface area contributed by atoms with Gasteiger partial charge in [0.2, 0.25) is 5.60 Å². The average Bonchev–Trinajstić information content (AvgIpc) is 2.19. The Bertz CT molecular complexity index is 352. The molecule has 0 aliphatic carbocycles. The van der Waals surface area contributed by atoms with Crippen molar-refractivity contribution in [1.82, 2.24) is 5.32 Å². The van der Waals surface area contributed by atoms with Crippen LogP contribution in [0.15, 0.2) is 0 Å². The maximum Gasteiger partial charge on any atom is 0.409 e. The first kappa shape index (κ1) is 14.8. The molecule has 1 amide bonds. The van der Waals surface area contributed by atoms with Crippen molar-refractivity contribution < 1.29 is 19.0 Å². The van der Waals surface area contributed by atoms with Crippen LogP contribution in [-0.2, 0) is 14.2 Å². The smallest absolute Gasteiger partial charge is 0.409 e. The molecule has 1 heterocycles. The first-order valence-corrected chi connectivity index (χ1v) is 5.84. The van der Waals surface area contributed by atoms with Gasteiger partial charge in [-0.15, -0.1) is 6.42 Å². The third kappa shape index (κ3) is 4.21. The molecule has 1 fully saturated rings. The molecule has 0 aromatic rings. The molecule has 0 aromatic carbocycles. The number of ether oxygens (including phenoxy) is 3. The van der Waals surface area contributed by atoms with Gasteiger partial charge >= 0.3 is 6.09 Å². The van der Waals surface area contributed by atoms with Crippen molar-refractivity contribution in [2.45, 2.75) is 51.5 Å². The van der Waals surface area contributed by atoms with Gasteiger partial charge in [-0.05, 0) is 34.6 Å². The van der Waals surface area contributed by atoms with E-state index < -0.39 is 17.5 Å². The van der Waals surface area contributed by atoms with Crippen LogP contribution in [0.25, 0.3) is 0 Å². The van der Waals surface area contributed by atoms with Crippen LogP contribution in [0.1, 0.15) is 34.6 Å². The molecule has 0 bridgehead atoms. The van der Waals surface area contributed by atoms with E-state index >= 15 is 0 Å². The Balaban J connectivity index is 2.64. The zero-order chi connectivity index (χ0) is 14.0. The average molecular weight is 255 g/mol. The van der Waals surface area contributed by atoms with Crippen LogP contribution >= 0.6 is 0 Å². The lowest BCUT2D eigenvalue weighted by molar-refractivity contribution is -0.287. The molecule has 1 N–H and O–H groups in total. The zero-order valence-electron chi connectivity index (χ0n) is 11.6. The Labute approximate surface area is 108 Å². The van der Waals surface area contributed by atoms with Gasteiger partial charge in [0.25, 0.3) is 0 Å². The molecule has 0 aromatic heterocycles. The van der Waals surface area contributed by atoms with Gasteiger partial charge < -0.3 is 19.5 Å². The summed E-state index contributed by atoms with van der Waals surface area (Å²) >= 11 is 0. The summed E-state index contributed by atoms with van der Waals surface area (Å²) < 4.78 is 16.1. The lowest BCUT2D eigenvalue weighted by Gasteiger charge is -2.40. The molecule has 18 heavy (non-hydrogen) atoms. The molecular formula is C13H21NO4. The van der Waals surface area contributed by atoms with E-state index in [9.17, 15) is 4.79 Å². The number of rotatable bonds is 1. The maximum atomic E-state index is 11.7. The van der Waals surface area contributed by atoms with Crippen molar-refractivity contribution in [2.24, 2.45) is 0 Å². The number of nitrogens with one attached hydrogen (secondary N) is 1. The Hall–Kier alpha value is -1.25. The molecule has 1 aliphatic heterocycles. The second kappa shape index (κ2) is 4.79. The zero-order valence-corrected chi connectivity index (χ0v) is 11.6. The number of amides is 1. The number of alkyl carbamates (subject to hydrolysis) is 1. The lowest BCUT2D eigenvalue weighted by Crippen LogP contribution is -2.55. The van der Waals surface area contributed by atoms with Gasteiger partial charge in [-0.1, -0.05) is 5.92 Å². The predicted molar refractivity (Wildman–Crippen MR) is 66.9 cm³/mol. The second-order valence-corrected chi connectivity index (χ2v) is 5.88. The predicted octanol–water partition coefficient (Wildman–Crippen LogP) is 1.67. The first-order chi connectivity index (χ1) is 8.08. The van der Waals surface area contributed by atoms with Crippen LogP contribution in [-0.4, -0.2) is 36.2 Å². The molecule has 0 spiro atoms. The Morgan fingerprint density at radius 3 is 2.22 bits per heavy atom. The molecular weight excluding hydrogens is 234 g/mol. The molecule has 0 atom stereocenters. The van der Waals surface area contributed by atoms with Crippen LogP contribution in [0.3, 0.4) is 0 Å². The van der Waals surface area contributed by atoms with E-state index in [-0.39, 0.29) is 18.8 Å². The van der Waals surface area contributed by atoms with Gasteiger partial charge in [-0.25, -0.2) is 4.79 Å². The lowest BCUT2D eigenvalue weighted by atomic mass is 10.1. The van der Waals surface area contributed by atoms with Gasteiger partial charge in [0.05, 0.1) is 0 Å². The molecule has 0 saturated carbocycles. The van der Waals surface area contributed by atoms with Crippen molar-refractivity contribution >= 4 is 6.09 Å². The minimum Gasteiger partial charge on any atom is -0.425 e. The minimum absolute atomic E-state index is 0.119. The topological polar surface area (TPSA) is 56.8 Å². The van der Waals surface area contributed by atoms with Crippen molar-refractivity contribution in [3.8, 4) is 12.3 Å². The molecule has 0 radical (unpaired) electrons. The number of carbonyl (C=O) groups is 1. The van der Waals surface area contributed by atoms with Crippen molar-refractivity contribution in [3.63, 3.8) is 0 Å². The van der Waals surface area contributed by atoms with Crippen molar-refractivity contribution in [1.29, 1.82) is 0 Å². The molecule has 102 valence electrons. The Morgan fingerprint density at radius 2 is 1.83 bits per heavy atom. The van der Waals surface area contributed by atoms with Gasteiger partial charge in [-0.3, -0.25) is 0 Å². The molecule has 0 unspecified atom stereocenters. The highest BCUT2D eigenvalue weighted by atomic mass is 16.7. The molecule has 1 aliphatic rings. The fourth-order valence-electron chi connectivity index (χ4n) is 1.34. The van der Waals surface area contributed by atoms with Gasteiger partial charge in [0.15, 0.2) is 5.79 Å². The minimum atomic E-state index is -1.16. The van der Waals surface area contributed by atoms with E-state index in [4.69, 9.17) is 20.6 Å². The highest BCUT2D eigenvalue weighted by Gasteiger charge is 2.42. The molecule has 1 rings (SSSR count). The van der Waals surface area contributed by atoms with E-state index in [1.54, 1.807) is 13.8 Å². The van der Waals surface area contributed by atoms with Crippen LogP contribution < -0.4 is 5.32 Å². The highest BCUT2D eigenvalue weighted by molar-refractivity contribution is 5.69. The highest BCUT2D eigenvalue weighted by Crippen LogP contribution is 2.26. The van der Waals surface area contributed by atoms with Gasteiger partial charge in [0.1, 0.15) is 13.2 Å². The van der Waals surface area contributed by atoms with Gasteiger partial charge in [0, 0.05) is 5.54 Å².